The number of fused-ring (bicyclic) bond motifs is 1. The Hall–Kier alpha value is -2.51. The van der Waals surface area contributed by atoms with E-state index >= 15 is 0 Å². The Morgan fingerprint density at radius 2 is 1.78 bits per heavy atom. The molecule has 0 aliphatic heterocycles. The van der Waals surface area contributed by atoms with Crippen molar-refractivity contribution < 1.29 is 13.6 Å². The molecule has 3 nitrogen and oxygen atoms in total. The average molecular weight is 593 g/mol. The van der Waals surface area contributed by atoms with Crippen LogP contribution < -0.4 is 5.32 Å². The maximum Gasteiger partial charge on any atom is 0.276 e. The molecule has 6 rings (SSSR count). The fourth-order valence-electron chi connectivity index (χ4n) is 6.79. The fourth-order valence-corrected chi connectivity index (χ4v) is 8.25. The van der Waals surface area contributed by atoms with Gasteiger partial charge >= 0.3 is 0 Å². The number of hydrogen-bond acceptors (Lipinski definition) is 4. The van der Waals surface area contributed by atoms with E-state index in [2.05, 4.69) is 12.2 Å². The van der Waals surface area contributed by atoms with Gasteiger partial charge in [-0.3, -0.25) is 4.79 Å². The molecule has 41 heavy (non-hydrogen) atoms. The van der Waals surface area contributed by atoms with Crippen LogP contribution in [-0.2, 0) is 5.92 Å². The zero-order valence-electron chi connectivity index (χ0n) is 23.6. The van der Waals surface area contributed by atoms with Gasteiger partial charge in [-0.2, -0.15) is 0 Å². The summed E-state index contributed by atoms with van der Waals surface area (Å²) in [5.74, 6) is -1.13. The number of hydrogen-bond donors (Lipinski definition) is 1. The minimum Gasteiger partial charge on any atom is -0.320 e. The monoisotopic (exact) mass is 592 g/mol. The highest BCUT2D eigenvalue weighted by molar-refractivity contribution is 7.80. The Morgan fingerprint density at radius 3 is 2.51 bits per heavy atom. The van der Waals surface area contributed by atoms with E-state index in [0.717, 1.165) is 41.7 Å². The van der Waals surface area contributed by atoms with Gasteiger partial charge in [0.15, 0.2) is 0 Å². The molecule has 3 fully saturated rings. The first-order valence-electron chi connectivity index (χ1n) is 15.2. The summed E-state index contributed by atoms with van der Waals surface area (Å²) in [5, 5.41) is 5.90. The van der Waals surface area contributed by atoms with E-state index in [9.17, 15) is 13.6 Å². The third kappa shape index (κ3) is 6.17. The van der Waals surface area contributed by atoms with Crippen LogP contribution in [0.4, 0.5) is 14.5 Å². The Morgan fingerprint density at radius 1 is 1.02 bits per heavy atom. The molecule has 1 N–H and O–H groups in total. The molecule has 7 heteroatoms. The van der Waals surface area contributed by atoms with E-state index in [4.69, 9.17) is 17.2 Å². The molecule has 216 valence electrons. The molecule has 0 radical (unpaired) electrons. The first kappa shape index (κ1) is 28.6. The number of aromatic nitrogens is 1. The van der Waals surface area contributed by atoms with Gasteiger partial charge in [0.1, 0.15) is 5.69 Å². The van der Waals surface area contributed by atoms with Crippen LogP contribution in [0.1, 0.15) is 98.1 Å². The summed E-state index contributed by atoms with van der Waals surface area (Å²) in [4.78, 5) is 19.4. The molecule has 3 aliphatic rings. The van der Waals surface area contributed by atoms with Crippen molar-refractivity contribution in [3.63, 3.8) is 0 Å². The third-order valence-electron chi connectivity index (χ3n) is 9.35. The largest absolute Gasteiger partial charge is 0.320 e. The van der Waals surface area contributed by atoms with Crippen molar-refractivity contribution in [2.75, 3.05) is 5.32 Å². The highest BCUT2D eigenvalue weighted by Gasteiger charge is 2.52. The third-order valence-corrected chi connectivity index (χ3v) is 10.8. The van der Waals surface area contributed by atoms with Crippen molar-refractivity contribution in [1.29, 1.82) is 0 Å². The number of thiocarbonyl (C=S) groups is 1. The van der Waals surface area contributed by atoms with Crippen LogP contribution in [0, 0.1) is 23.7 Å². The zero-order chi connectivity index (χ0) is 28.6. The summed E-state index contributed by atoms with van der Waals surface area (Å²) >= 11 is 7.38. The van der Waals surface area contributed by atoms with Gasteiger partial charge in [0.2, 0.25) is 0 Å². The van der Waals surface area contributed by atoms with Gasteiger partial charge in [-0.05, 0) is 91.7 Å². The molecule has 3 aliphatic carbocycles. The summed E-state index contributed by atoms with van der Waals surface area (Å²) in [6.45, 7) is 2.23. The average Bonchev–Trinajstić information content (AvgIpc) is 3.89. The van der Waals surface area contributed by atoms with Crippen molar-refractivity contribution in [1.82, 2.24) is 4.98 Å². The lowest BCUT2D eigenvalue weighted by Crippen LogP contribution is -2.16. The van der Waals surface area contributed by atoms with Gasteiger partial charge in [0, 0.05) is 34.0 Å². The number of nitrogens with one attached hydrogen (secondary N) is 1. The van der Waals surface area contributed by atoms with Crippen LogP contribution in [0.15, 0.2) is 53.9 Å². The van der Waals surface area contributed by atoms with Crippen LogP contribution in [0.5, 0.6) is 0 Å². The summed E-state index contributed by atoms with van der Waals surface area (Å²) in [7, 11) is 0. The smallest absolute Gasteiger partial charge is 0.276 e. The Bertz CT molecular complexity index is 1400. The maximum atomic E-state index is 14.8. The molecule has 1 amide bonds. The summed E-state index contributed by atoms with van der Waals surface area (Å²) in [6.07, 6.45) is 10.6. The molecule has 3 aromatic rings. The van der Waals surface area contributed by atoms with Crippen molar-refractivity contribution in [3.05, 3.63) is 70.2 Å². The molecular weight excluding hydrogens is 555 g/mol. The number of rotatable bonds is 11. The van der Waals surface area contributed by atoms with Crippen LogP contribution >= 0.6 is 23.6 Å². The predicted octanol–water partition coefficient (Wildman–Crippen LogP) is 10.0. The number of benzene rings is 2. The van der Waals surface area contributed by atoms with Gasteiger partial charge in [-0.25, -0.2) is 13.8 Å². The highest BCUT2D eigenvalue weighted by atomic mass is 32.1. The molecular formula is C34H38F2N2OS2. The normalized spacial score (nSPS) is 23.9. The molecule has 1 heterocycles. The van der Waals surface area contributed by atoms with Crippen LogP contribution in [-0.4, -0.2) is 15.8 Å². The molecule has 2 aromatic carbocycles. The SMILES string of the molecule is CCCCCC(=S)C1C2CCC(c3nc(C(=O)Nc4ccccc4-c4cccc(C(F)(F)C5CC5)c4)cs3)CCC21. The number of unbranched alkanes of at least 4 members (excludes halogenated alkanes) is 2. The van der Waals surface area contributed by atoms with E-state index in [0.29, 0.717) is 41.6 Å². The number of para-hydroxylation sites is 1. The summed E-state index contributed by atoms with van der Waals surface area (Å²) < 4.78 is 29.6. The fraction of sp³-hybridized carbons (Fsp3) is 0.500. The van der Waals surface area contributed by atoms with E-state index in [1.807, 2.05) is 35.7 Å². The topological polar surface area (TPSA) is 42.0 Å². The van der Waals surface area contributed by atoms with Crippen LogP contribution in [0.25, 0.3) is 11.1 Å². The highest BCUT2D eigenvalue weighted by Crippen LogP contribution is 2.57. The number of anilines is 1. The van der Waals surface area contributed by atoms with Crippen molar-refractivity contribution in [3.8, 4) is 11.1 Å². The van der Waals surface area contributed by atoms with Gasteiger partial charge in [-0.15, -0.1) is 11.3 Å². The lowest BCUT2D eigenvalue weighted by molar-refractivity contribution is -0.0285. The summed E-state index contributed by atoms with van der Waals surface area (Å²) in [6, 6.07) is 13.9. The maximum absolute atomic E-state index is 14.8. The molecule has 0 saturated heterocycles. The minimum atomic E-state index is -2.83. The Kier molecular flexibility index (Phi) is 8.37. The second-order valence-electron chi connectivity index (χ2n) is 12.2. The lowest BCUT2D eigenvalue weighted by atomic mass is 9.96. The van der Waals surface area contributed by atoms with Gasteiger partial charge in [0.05, 0.1) is 5.01 Å². The first-order chi connectivity index (χ1) is 19.9. The number of halogens is 2. The van der Waals surface area contributed by atoms with Gasteiger partial charge in [-0.1, -0.05) is 68.4 Å². The van der Waals surface area contributed by atoms with Crippen LogP contribution in [0.3, 0.4) is 0 Å². The number of alkyl halides is 2. The lowest BCUT2D eigenvalue weighted by Gasteiger charge is -2.18. The van der Waals surface area contributed by atoms with Gasteiger partial charge in [0.25, 0.3) is 11.8 Å². The molecule has 0 bridgehead atoms. The first-order valence-corrected chi connectivity index (χ1v) is 16.5. The minimum absolute atomic E-state index is 0.0356. The molecule has 1 aromatic heterocycles. The summed E-state index contributed by atoms with van der Waals surface area (Å²) in [5.41, 5.74) is 2.42. The van der Waals surface area contributed by atoms with E-state index in [-0.39, 0.29) is 11.5 Å². The quantitative estimate of drug-likeness (QED) is 0.178. The number of carbonyl (C=O) groups is 1. The number of amides is 1. The van der Waals surface area contributed by atoms with E-state index in [1.54, 1.807) is 23.5 Å². The van der Waals surface area contributed by atoms with Crippen molar-refractivity contribution >= 4 is 40.0 Å². The Labute approximate surface area is 251 Å². The molecule has 3 saturated carbocycles. The standard InChI is InChI=1S/C34H38F2N2OS2/c1-2-3-4-12-30(40)31-26-17-13-21(14-18-27(26)31)33-38-29(20-41-33)32(39)37-28-11-6-5-10-25(28)22-8-7-9-24(19-22)34(35,36)23-15-16-23/h5-11,19-21,23,26-27,31H,2-4,12-18H2,1H3,(H,37,39). The number of nitrogens with zero attached hydrogens (tertiary/aromatic N) is 1. The van der Waals surface area contributed by atoms with Crippen molar-refractivity contribution in [2.24, 2.45) is 23.7 Å². The Balaban J connectivity index is 1.09. The van der Waals surface area contributed by atoms with Crippen LogP contribution in [0.2, 0.25) is 0 Å². The van der Waals surface area contributed by atoms with Crippen molar-refractivity contribution in [2.45, 2.75) is 83.0 Å². The molecule has 0 spiro atoms. The van der Waals surface area contributed by atoms with E-state index < -0.39 is 11.8 Å². The zero-order valence-corrected chi connectivity index (χ0v) is 25.2. The van der Waals surface area contributed by atoms with E-state index in [1.165, 1.54) is 43.0 Å². The van der Waals surface area contributed by atoms with Gasteiger partial charge < -0.3 is 5.32 Å². The second-order valence-corrected chi connectivity index (χ2v) is 13.6. The predicted molar refractivity (Wildman–Crippen MR) is 167 cm³/mol. The second kappa shape index (κ2) is 12.0. The number of thiazole rings is 1. The number of carbonyl (C=O) groups excluding carboxylic acids is 1. The molecule has 2 unspecified atom stereocenters. The molecule has 2 atom stereocenters.